The van der Waals surface area contributed by atoms with Gasteiger partial charge in [0.25, 0.3) is 5.91 Å². The van der Waals surface area contributed by atoms with Crippen LogP contribution in [0.15, 0.2) is 65.4 Å². The van der Waals surface area contributed by atoms with Gasteiger partial charge in [-0.2, -0.15) is 0 Å². The number of carbonyl (C=O) groups excluding carboxylic acids is 1. The average Bonchev–Trinajstić information content (AvgIpc) is 2.80. The first-order chi connectivity index (χ1) is 14.6. The van der Waals surface area contributed by atoms with Gasteiger partial charge in [0.1, 0.15) is 5.75 Å². The largest absolute Gasteiger partial charge is 0.497 e. The molecule has 1 fully saturated rings. The number of piperidine rings is 1. The van der Waals surface area contributed by atoms with E-state index in [0.717, 1.165) is 40.7 Å². The van der Waals surface area contributed by atoms with E-state index in [1.807, 2.05) is 53.4 Å². The van der Waals surface area contributed by atoms with E-state index in [0.29, 0.717) is 18.1 Å². The quantitative estimate of drug-likeness (QED) is 0.593. The van der Waals surface area contributed by atoms with E-state index in [-0.39, 0.29) is 11.9 Å². The number of hydrogen-bond acceptors (Lipinski definition) is 5. The number of aromatic nitrogens is 2. The van der Waals surface area contributed by atoms with E-state index in [9.17, 15) is 4.79 Å². The number of ether oxygens (including phenoxy) is 1. The highest BCUT2D eigenvalue weighted by molar-refractivity contribution is 9.10. The van der Waals surface area contributed by atoms with Gasteiger partial charge in [-0.1, -0.05) is 30.3 Å². The predicted molar refractivity (Wildman–Crippen MR) is 121 cm³/mol. The molecule has 1 aliphatic rings. The molecule has 3 aromatic rings. The lowest BCUT2D eigenvalue weighted by Crippen LogP contribution is -2.45. The molecule has 1 N–H and O–H groups in total. The summed E-state index contributed by atoms with van der Waals surface area (Å²) in [6, 6.07) is 15.7. The van der Waals surface area contributed by atoms with Crippen molar-refractivity contribution in [2.24, 2.45) is 0 Å². The molecule has 0 bridgehead atoms. The zero-order chi connectivity index (χ0) is 20.9. The van der Waals surface area contributed by atoms with Crippen molar-refractivity contribution < 1.29 is 9.53 Å². The summed E-state index contributed by atoms with van der Waals surface area (Å²) in [5, 5.41) is 3.35. The maximum absolute atomic E-state index is 13.4. The molecule has 1 aliphatic heterocycles. The van der Waals surface area contributed by atoms with Crippen LogP contribution in [0.1, 0.15) is 23.2 Å². The number of likely N-dealkylation sites (tertiary alicyclic amines) is 1. The fraction of sp³-hybridized carbons (Fsp3) is 0.261. The fourth-order valence-corrected chi connectivity index (χ4v) is 3.92. The van der Waals surface area contributed by atoms with Gasteiger partial charge in [-0.3, -0.25) is 4.79 Å². The summed E-state index contributed by atoms with van der Waals surface area (Å²) >= 11 is 3.35. The molecular formula is C23H23BrN4O2. The summed E-state index contributed by atoms with van der Waals surface area (Å²) in [5.41, 5.74) is 2.63. The molecule has 0 spiro atoms. The van der Waals surface area contributed by atoms with Crippen LogP contribution in [0.25, 0.3) is 11.1 Å². The number of carbonyl (C=O) groups is 1. The number of amides is 1. The van der Waals surface area contributed by atoms with E-state index in [1.54, 1.807) is 19.5 Å². The Bertz CT molecular complexity index is 1010. The molecule has 4 rings (SSSR count). The third-order valence-corrected chi connectivity index (χ3v) is 5.63. The normalized spacial score (nSPS) is 16.2. The highest BCUT2D eigenvalue weighted by Crippen LogP contribution is 2.27. The molecule has 30 heavy (non-hydrogen) atoms. The zero-order valence-electron chi connectivity index (χ0n) is 16.7. The lowest BCUT2D eigenvalue weighted by Gasteiger charge is -2.33. The summed E-state index contributed by atoms with van der Waals surface area (Å²) in [6.45, 7) is 1.37. The monoisotopic (exact) mass is 466 g/mol. The first-order valence-corrected chi connectivity index (χ1v) is 10.7. The second-order valence-electron chi connectivity index (χ2n) is 7.23. The van der Waals surface area contributed by atoms with E-state index < -0.39 is 0 Å². The molecule has 6 nitrogen and oxygen atoms in total. The van der Waals surface area contributed by atoms with Crippen molar-refractivity contribution in [3.05, 3.63) is 71.0 Å². The Kier molecular flexibility index (Phi) is 6.28. The maximum Gasteiger partial charge on any atom is 0.254 e. The minimum absolute atomic E-state index is 0.0460. The topological polar surface area (TPSA) is 67.3 Å². The van der Waals surface area contributed by atoms with E-state index in [4.69, 9.17) is 4.74 Å². The van der Waals surface area contributed by atoms with Gasteiger partial charge < -0.3 is 15.0 Å². The molecule has 1 unspecified atom stereocenters. The van der Waals surface area contributed by atoms with E-state index in [2.05, 4.69) is 31.2 Å². The second-order valence-corrected chi connectivity index (χ2v) is 8.15. The standard InChI is InChI=1S/C23H23BrN4O2/c1-30-19-10-8-16(9-11-19)20-6-2-3-7-21(20)22(29)28-12-4-5-18(15-28)27-23-25-13-17(24)14-26-23/h2-3,6-11,13-14,18H,4-5,12,15H2,1H3,(H,25,26,27). The van der Waals surface area contributed by atoms with Gasteiger partial charge in [0, 0.05) is 37.1 Å². The van der Waals surface area contributed by atoms with E-state index in [1.165, 1.54) is 0 Å². The smallest absolute Gasteiger partial charge is 0.254 e. The molecule has 1 atom stereocenters. The van der Waals surface area contributed by atoms with Crippen LogP contribution in [0.5, 0.6) is 5.75 Å². The summed E-state index contributed by atoms with van der Waals surface area (Å²) in [5.74, 6) is 1.42. The van der Waals surface area contributed by atoms with Gasteiger partial charge in [-0.05, 0) is 58.1 Å². The van der Waals surface area contributed by atoms with Crippen LogP contribution in [-0.2, 0) is 0 Å². The summed E-state index contributed by atoms with van der Waals surface area (Å²) in [4.78, 5) is 23.9. The first-order valence-electron chi connectivity index (χ1n) is 9.91. The van der Waals surface area contributed by atoms with Crippen molar-refractivity contribution in [2.75, 3.05) is 25.5 Å². The van der Waals surface area contributed by atoms with Crippen molar-refractivity contribution in [3.8, 4) is 16.9 Å². The van der Waals surface area contributed by atoms with Crippen molar-refractivity contribution in [1.82, 2.24) is 14.9 Å². The number of anilines is 1. The van der Waals surface area contributed by atoms with Crippen LogP contribution in [0, 0.1) is 0 Å². The third kappa shape index (κ3) is 4.62. The van der Waals surface area contributed by atoms with Gasteiger partial charge in [-0.25, -0.2) is 9.97 Å². The zero-order valence-corrected chi connectivity index (χ0v) is 18.3. The first kappa shape index (κ1) is 20.3. The summed E-state index contributed by atoms with van der Waals surface area (Å²) in [7, 11) is 1.65. The summed E-state index contributed by atoms with van der Waals surface area (Å²) < 4.78 is 6.09. The lowest BCUT2D eigenvalue weighted by molar-refractivity contribution is 0.0715. The number of halogens is 1. The Morgan fingerprint density at radius 3 is 2.60 bits per heavy atom. The van der Waals surface area contributed by atoms with Crippen LogP contribution < -0.4 is 10.1 Å². The highest BCUT2D eigenvalue weighted by Gasteiger charge is 2.26. The number of benzene rings is 2. The van der Waals surface area contributed by atoms with Gasteiger partial charge >= 0.3 is 0 Å². The minimum Gasteiger partial charge on any atom is -0.497 e. The molecule has 2 aromatic carbocycles. The van der Waals surface area contributed by atoms with Gasteiger partial charge in [0.15, 0.2) is 0 Å². The van der Waals surface area contributed by atoms with Crippen LogP contribution in [0.3, 0.4) is 0 Å². The highest BCUT2D eigenvalue weighted by atomic mass is 79.9. The van der Waals surface area contributed by atoms with Gasteiger partial charge in [-0.15, -0.1) is 0 Å². The third-order valence-electron chi connectivity index (χ3n) is 5.22. The van der Waals surface area contributed by atoms with Crippen LogP contribution >= 0.6 is 15.9 Å². The Balaban J connectivity index is 1.51. The molecule has 154 valence electrons. The van der Waals surface area contributed by atoms with Crippen molar-refractivity contribution in [3.63, 3.8) is 0 Å². The molecule has 0 aliphatic carbocycles. The SMILES string of the molecule is COc1ccc(-c2ccccc2C(=O)N2CCCC(Nc3ncc(Br)cn3)C2)cc1. The number of methoxy groups -OCH3 is 1. The van der Waals surface area contributed by atoms with Gasteiger partial charge in [0.2, 0.25) is 5.95 Å². The average molecular weight is 467 g/mol. The predicted octanol–water partition coefficient (Wildman–Crippen LogP) is 4.63. The molecule has 2 heterocycles. The number of rotatable bonds is 5. The molecule has 7 heteroatoms. The fourth-order valence-electron chi connectivity index (χ4n) is 3.71. The maximum atomic E-state index is 13.4. The molecule has 1 amide bonds. The summed E-state index contributed by atoms with van der Waals surface area (Å²) in [6.07, 6.45) is 5.34. The Labute approximate surface area is 184 Å². The second kappa shape index (κ2) is 9.26. The number of hydrogen-bond donors (Lipinski definition) is 1. The van der Waals surface area contributed by atoms with E-state index >= 15 is 0 Å². The molecule has 1 saturated heterocycles. The number of nitrogens with zero attached hydrogens (tertiary/aromatic N) is 3. The Morgan fingerprint density at radius 2 is 1.87 bits per heavy atom. The molecule has 0 saturated carbocycles. The number of nitrogens with one attached hydrogen (secondary N) is 1. The van der Waals surface area contributed by atoms with Gasteiger partial charge in [0.05, 0.1) is 11.6 Å². The molecule has 0 radical (unpaired) electrons. The van der Waals surface area contributed by atoms with Crippen LogP contribution in [0.4, 0.5) is 5.95 Å². The van der Waals surface area contributed by atoms with Crippen LogP contribution in [-0.4, -0.2) is 47.0 Å². The van der Waals surface area contributed by atoms with Crippen molar-refractivity contribution >= 4 is 27.8 Å². The minimum atomic E-state index is 0.0460. The molecular weight excluding hydrogens is 444 g/mol. The van der Waals surface area contributed by atoms with Crippen LogP contribution in [0.2, 0.25) is 0 Å². The van der Waals surface area contributed by atoms with Crippen molar-refractivity contribution in [2.45, 2.75) is 18.9 Å². The Hall–Kier alpha value is -2.93. The molecule has 1 aromatic heterocycles. The Morgan fingerprint density at radius 1 is 1.13 bits per heavy atom. The lowest BCUT2D eigenvalue weighted by atomic mass is 9.97. The van der Waals surface area contributed by atoms with Crippen molar-refractivity contribution in [1.29, 1.82) is 0 Å².